The number of halogens is 1. The van der Waals surface area contributed by atoms with Gasteiger partial charge >= 0.3 is 6.09 Å². The highest BCUT2D eigenvalue weighted by Gasteiger charge is 2.24. The molecule has 0 aromatic carbocycles. The van der Waals surface area contributed by atoms with Crippen molar-refractivity contribution in [2.45, 2.75) is 25.8 Å². The molecule has 2 N–H and O–H groups in total. The summed E-state index contributed by atoms with van der Waals surface area (Å²) in [6, 6.07) is 0.172. The third-order valence-electron chi connectivity index (χ3n) is 4.78. The van der Waals surface area contributed by atoms with Crippen molar-refractivity contribution >= 4 is 29.6 Å². The highest BCUT2D eigenvalue weighted by molar-refractivity contribution is 6.28. The first kappa shape index (κ1) is 20.8. The molecule has 3 rings (SSSR count). The van der Waals surface area contributed by atoms with E-state index in [-0.39, 0.29) is 17.4 Å². The number of morpholine rings is 1. The van der Waals surface area contributed by atoms with Crippen LogP contribution in [0.1, 0.15) is 19.8 Å². The Hall–Kier alpha value is -1.91. The molecule has 0 bridgehead atoms. The summed E-state index contributed by atoms with van der Waals surface area (Å²) in [5.41, 5.74) is 0. The van der Waals surface area contributed by atoms with E-state index < -0.39 is 0 Å². The van der Waals surface area contributed by atoms with E-state index in [1.54, 1.807) is 4.90 Å². The van der Waals surface area contributed by atoms with Gasteiger partial charge in [0.05, 0.1) is 19.8 Å². The van der Waals surface area contributed by atoms with Crippen molar-refractivity contribution in [3.63, 3.8) is 0 Å². The largest absolute Gasteiger partial charge is 0.450 e. The molecule has 28 heavy (non-hydrogen) atoms. The predicted octanol–water partition coefficient (Wildman–Crippen LogP) is 1.30. The van der Waals surface area contributed by atoms with Crippen LogP contribution in [0.4, 0.5) is 16.7 Å². The molecule has 156 valence electrons. The molecule has 0 spiro atoms. The van der Waals surface area contributed by atoms with Crippen LogP contribution in [-0.4, -0.2) is 96.0 Å². The Balaban J connectivity index is 1.46. The molecule has 0 atom stereocenters. The van der Waals surface area contributed by atoms with Gasteiger partial charge in [-0.1, -0.05) is 0 Å². The number of likely N-dealkylation sites (tertiary alicyclic amines) is 1. The van der Waals surface area contributed by atoms with E-state index in [1.807, 2.05) is 6.92 Å². The zero-order valence-corrected chi connectivity index (χ0v) is 17.0. The van der Waals surface area contributed by atoms with Crippen LogP contribution in [0.2, 0.25) is 5.28 Å². The topological polar surface area (TPSA) is 105 Å². The Labute approximate surface area is 169 Å². The highest BCUT2D eigenvalue weighted by atomic mass is 35.5. The summed E-state index contributed by atoms with van der Waals surface area (Å²) in [7, 11) is 0. The quantitative estimate of drug-likeness (QED) is 0.684. The maximum Gasteiger partial charge on any atom is 0.409 e. The second-order valence-electron chi connectivity index (χ2n) is 6.74. The van der Waals surface area contributed by atoms with Crippen LogP contribution in [0.5, 0.6) is 0 Å². The van der Waals surface area contributed by atoms with Gasteiger partial charge in [0.1, 0.15) is 0 Å². The summed E-state index contributed by atoms with van der Waals surface area (Å²) in [4.78, 5) is 28.6. The molecule has 0 unspecified atom stereocenters. The minimum absolute atomic E-state index is 0.148. The highest BCUT2D eigenvalue weighted by Crippen LogP contribution is 2.17. The van der Waals surface area contributed by atoms with Crippen LogP contribution in [0.3, 0.4) is 0 Å². The zero-order chi connectivity index (χ0) is 19.8. The Bertz CT molecular complexity index is 637. The number of rotatable bonds is 7. The fourth-order valence-corrected chi connectivity index (χ4v) is 3.41. The maximum atomic E-state index is 11.8. The van der Waals surface area contributed by atoms with E-state index in [4.69, 9.17) is 21.1 Å². The number of hydrogen-bond acceptors (Lipinski definition) is 9. The summed E-state index contributed by atoms with van der Waals surface area (Å²) in [5, 5.41) is 6.66. The van der Waals surface area contributed by atoms with E-state index in [2.05, 4.69) is 30.5 Å². The predicted molar refractivity (Wildman–Crippen MR) is 106 cm³/mol. The smallest absolute Gasteiger partial charge is 0.409 e. The van der Waals surface area contributed by atoms with Gasteiger partial charge in [-0.05, 0) is 31.4 Å². The van der Waals surface area contributed by atoms with Gasteiger partial charge in [-0.15, -0.1) is 0 Å². The Morgan fingerprint density at radius 1 is 1.18 bits per heavy atom. The molecular formula is C17H28ClN7O3. The Kier molecular flexibility index (Phi) is 7.87. The van der Waals surface area contributed by atoms with E-state index in [0.717, 1.165) is 52.2 Å². The third-order valence-corrected chi connectivity index (χ3v) is 4.95. The molecule has 10 nitrogen and oxygen atoms in total. The molecule has 0 aliphatic carbocycles. The van der Waals surface area contributed by atoms with Crippen molar-refractivity contribution in [1.29, 1.82) is 0 Å². The first-order valence-electron chi connectivity index (χ1n) is 9.78. The summed E-state index contributed by atoms with van der Waals surface area (Å²) < 4.78 is 10.4. The van der Waals surface area contributed by atoms with Crippen LogP contribution in [0.25, 0.3) is 0 Å². The van der Waals surface area contributed by atoms with Crippen LogP contribution in [0.15, 0.2) is 0 Å². The lowest BCUT2D eigenvalue weighted by Gasteiger charge is -2.31. The molecule has 2 fully saturated rings. The van der Waals surface area contributed by atoms with Crippen LogP contribution in [0, 0.1) is 0 Å². The molecule has 0 radical (unpaired) electrons. The molecule has 3 heterocycles. The van der Waals surface area contributed by atoms with Crippen molar-refractivity contribution in [3.05, 3.63) is 5.28 Å². The Morgan fingerprint density at radius 3 is 2.61 bits per heavy atom. The lowest BCUT2D eigenvalue weighted by atomic mass is 10.1. The van der Waals surface area contributed by atoms with E-state index >= 15 is 0 Å². The van der Waals surface area contributed by atoms with E-state index in [1.165, 1.54) is 0 Å². The first-order valence-corrected chi connectivity index (χ1v) is 10.2. The van der Waals surface area contributed by atoms with E-state index in [0.29, 0.717) is 31.6 Å². The number of amides is 1. The van der Waals surface area contributed by atoms with Crippen molar-refractivity contribution in [1.82, 2.24) is 24.8 Å². The summed E-state index contributed by atoms with van der Waals surface area (Å²) >= 11 is 6.06. The summed E-state index contributed by atoms with van der Waals surface area (Å²) in [6.45, 7) is 8.53. The molecule has 1 amide bonds. The standard InChI is InChI=1S/C17H28ClN7O3/c1-2-28-17(26)25-6-3-13(4-7-25)20-16-22-14(18)21-15(23-16)19-5-8-24-9-11-27-12-10-24/h13H,2-12H2,1H3,(H2,19,20,21,22,23). The first-order chi connectivity index (χ1) is 13.6. The van der Waals surface area contributed by atoms with Gasteiger partial charge in [0.2, 0.25) is 17.2 Å². The van der Waals surface area contributed by atoms with Gasteiger partial charge in [0, 0.05) is 45.3 Å². The number of ether oxygens (including phenoxy) is 2. The van der Waals surface area contributed by atoms with Crippen LogP contribution in [-0.2, 0) is 9.47 Å². The average Bonchev–Trinajstić information content (AvgIpc) is 2.69. The fraction of sp³-hybridized carbons (Fsp3) is 0.765. The lowest BCUT2D eigenvalue weighted by Crippen LogP contribution is -2.42. The molecular weight excluding hydrogens is 386 g/mol. The molecule has 1 aromatic heterocycles. The van der Waals surface area contributed by atoms with Gasteiger partial charge in [0.15, 0.2) is 0 Å². The SMILES string of the molecule is CCOC(=O)N1CCC(Nc2nc(Cl)nc(NCCN3CCOCC3)n2)CC1. The van der Waals surface area contributed by atoms with Crippen molar-refractivity contribution < 1.29 is 14.3 Å². The Morgan fingerprint density at radius 2 is 1.89 bits per heavy atom. The van der Waals surface area contributed by atoms with Gasteiger partial charge in [-0.2, -0.15) is 15.0 Å². The number of carbonyl (C=O) groups excluding carboxylic acids is 1. The van der Waals surface area contributed by atoms with Crippen LogP contribution >= 0.6 is 11.6 Å². The normalized spacial score (nSPS) is 18.7. The van der Waals surface area contributed by atoms with Gasteiger partial charge in [-0.3, -0.25) is 4.90 Å². The fourth-order valence-electron chi connectivity index (χ4n) is 3.25. The van der Waals surface area contributed by atoms with Gasteiger partial charge in [0.25, 0.3) is 0 Å². The van der Waals surface area contributed by atoms with Gasteiger partial charge < -0.3 is 25.0 Å². The molecule has 2 saturated heterocycles. The second kappa shape index (κ2) is 10.6. The number of hydrogen-bond donors (Lipinski definition) is 2. The van der Waals surface area contributed by atoms with E-state index in [9.17, 15) is 4.79 Å². The number of carbonyl (C=O) groups is 1. The molecule has 11 heteroatoms. The van der Waals surface area contributed by atoms with Crippen molar-refractivity contribution in [2.75, 3.05) is 69.7 Å². The number of nitrogens with zero attached hydrogens (tertiary/aromatic N) is 5. The van der Waals surface area contributed by atoms with Crippen LogP contribution < -0.4 is 10.6 Å². The number of aromatic nitrogens is 3. The second-order valence-corrected chi connectivity index (χ2v) is 7.08. The molecule has 0 saturated carbocycles. The monoisotopic (exact) mass is 413 g/mol. The minimum atomic E-state index is -0.254. The average molecular weight is 414 g/mol. The summed E-state index contributed by atoms with van der Waals surface area (Å²) in [6.07, 6.45) is 1.33. The zero-order valence-electron chi connectivity index (χ0n) is 16.2. The summed E-state index contributed by atoms with van der Waals surface area (Å²) in [5.74, 6) is 0.906. The van der Waals surface area contributed by atoms with Crippen molar-refractivity contribution in [3.8, 4) is 0 Å². The van der Waals surface area contributed by atoms with Gasteiger partial charge in [-0.25, -0.2) is 4.79 Å². The van der Waals surface area contributed by atoms with Crippen molar-refractivity contribution in [2.24, 2.45) is 0 Å². The third kappa shape index (κ3) is 6.32. The molecule has 1 aromatic rings. The minimum Gasteiger partial charge on any atom is -0.450 e. The number of piperidine rings is 1. The number of nitrogens with one attached hydrogen (secondary N) is 2. The lowest BCUT2D eigenvalue weighted by molar-refractivity contribution is 0.0398. The molecule has 2 aliphatic rings. The molecule has 2 aliphatic heterocycles. The maximum absolute atomic E-state index is 11.8. The number of anilines is 2.